The predicted molar refractivity (Wildman–Crippen MR) is 124 cm³/mol. The van der Waals surface area contributed by atoms with E-state index in [-0.39, 0.29) is 29.2 Å². The highest BCUT2D eigenvalue weighted by atomic mass is 19.1. The second-order valence-electron chi connectivity index (χ2n) is 10.4. The Hall–Kier alpha value is -2.26. The maximum absolute atomic E-state index is 15.1. The first-order valence-electron chi connectivity index (χ1n) is 11.9. The number of rotatable bonds is 5. The minimum atomic E-state index is -0.686. The molecule has 3 saturated heterocycles. The van der Waals surface area contributed by atoms with Gasteiger partial charge in [0.2, 0.25) is 11.8 Å². The molecule has 1 aromatic carbocycles. The summed E-state index contributed by atoms with van der Waals surface area (Å²) in [5.74, 6) is -1.44. The van der Waals surface area contributed by atoms with E-state index in [0.29, 0.717) is 25.4 Å². The lowest BCUT2D eigenvalue weighted by atomic mass is 9.91. The lowest BCUT2D eigenvalue weighted by molar-refractivity contribution is -0.133. The first-order chi connectivity index (χ1) is 15.6. The fourth-order valence-electron chi connectivity index (χ4n) is 5.26. The Bertz CT molecular complexity index is 878. The molecule has 0 bridgehead atoms. The molecular formula is C24H35F2N5O2. The first kappa shape index (κ1) is 23.9. The Balaban J connectivity index is 1.42. The van der Waals surface area contributed by atoms with E-state index in [1.165, 1.54) is 25.0 Å². The van der Waals surface area contributed by atoms with Gasteiger partial charge in [-0.15, -0.1) is 0 Å². The Labute approximate surface area is 194 Å². The van der Waals surface area contributed by atoms with Crippen LogP contribution in [-0.4, -0.2) is 79.5 Å². The number of carbonyl (C=O) groups excluding carboxylic acids is 2. The standard InChI is InChI=1S/C24H35F2N5O2/c1-24(2)15-30(10-11-31(24)14-16-6-8-29(3)9-7-16)22-18(25)12-17(13-19(22)26)27-20-4-5-21(32)28-23(20)33/h12-13,16,20,27H,4-11,14-15H2,1-3H3,(H,28,32,33). The van der Waals surface area contributed by atoms with Crippen molar-refractivity contribution >= 4 is 23.2 Å². The van der Waals surface area contributed by atoms with Crippen molar-refractivity contribution in [1.82, 2.24) is 15.1 Å². The molecule has 3 fully saturated rings. The van der Waals surface area contributed by atoms with Crippen molar-refractivity contribution in [2.75, 3.05) is 56.5 Å². The van der Waals surface area contributed by atoms with Crippen LogP contribution < -0.4 is 15.5 Å². The van der Waals surface area contributed by atoms with Gasteiger partial charge in [-0.25, -0.2) is 8.78 Å². The highest BCUT2D eigenvalue weighted by Gasteiger charge is 2.37. The van der Waals surface area contributed by atoms with Crippen LogP contribution in [0.1, 0.15) is 39.5 Å². The lowest BCUT2D eigenvalue weighted by Gasteiger charge is -2.49. The van der Waals surface area contributed by atoms with Gasteiger partial charge in [0.1, 0.15) is 11.7 Å². The molecule has 3 aliphatic heterocycles. The minimum Gasteiger partial charge on any atom is -0.373 e. The molecule has 3 heterocycles. The molecular weight excluding hydrogens is 428 g/mol. The van der Waals surface area contributed by atoms with Crippen LogP contribution in [-0.2, 0) is 9.59 Å². The highest BCUT2D eigenvalue weighted by Crippen LogP contribution is 2.33. The third kappa shape index (κ3) is 5.46. The van der Waals surface area contributed by atoms with Gasteiger partial charge in [0.25, 0.3) is 0 Å². The summed E-state index contributed by atoms with van der Waals surface area (Å²) < 4.78 is 30.1. The molecule has 2 amide bonds. The van der Waals surface area contributed by atoms with Crippen LogP contribution >= 0.6 is 0 Å². The molecule has 9 heteroatoms. The Kier molecular flexibility index (Phi) is 6.91. The zero-order chi connectivity index (χ0) is 23.8. The average Bonchev–Trinajstić information content (AvgIpc) is 2.73. The van der Waals surface area contributed by atoms with Gasteiger partial charge in [-0.1, -0.05) is 0 Å². The quantitative estimate of drug-likeness (QED) is 0.654. The number of likely N-dealkylation sites (tertiary alicyclic amines) is 1. The average molecular weight is 464 g/mol. The van der Waals surface area contributed by atoms with Gasteiger partial charge < -0.3 is 15.1 Å². The van der Waals surface area contributed by atoms with Crippen molar-refractivity contribution in [1.29, 1.82) is 0 Å². The van der Waals surface area contributed by atoms with E-state index in [2.05, 4.69) is 41.3 Å². The fraction of sp³-hybridized carbons (Fsp3) is 0.667. The number of hydrogen-bond acceptors (Lipinski definition) is 6. The summed E-state index contributed by atoms with van der Waals surface area (Å²) >= 11 is 0. The second-order valence-corrected chi connectivity index (χ2v) is 10.4. The van der Waals surface area contributed by atoms with Crippen LogP contribution in [0.4, 0.5) is 20.2 Å². The number of piperidine rings is 2. The molecule has 33 heavy (non-hydrogen) atoms. The number of imide groups is 1. The van der Waals surface area contributed by atoms with E-state index < -0.39 is 23.6 Å². The number of nitrogens with zero attached hydrogens (tertiary/aromatic N) is 3. The van der Waals surface area contributed by atoms with Crippen LogP contribution in [0.15, 0.2) is 12.1 Å². The Morgan fingerprint density at radius 3 is 2.33 bits per heavy atom. The molecule has 0 spiro atoms. The van der Waals surface area contributed by atoms with Crippen LogP contribution in [0.5, 0.6) is 0 Å². The molecule has 182 valence electrons. The van der Waals surface area contributed by atoms with Crippen LogP contribution in [0.2, 0.25) is 0 Å². The smallest absolute Gasteiger partial charge is 0.249 e. The summed E-state index contributed by atoms with van der Waals surface area (Å²) in [6.45, 7) is 9.41. The lowest BCUT2D eigenvalue weighted by Crippen LogP contribution is -2.60. The second kappa shape index (κ2) is 9.54. The molecule has 4 rings (SSSR count). The summed E-state index contributed by atoms with van der Waals surface area (Å²) in [6.07, 6.45) is 2.88. The van der Waals surface area contributed by atoms with Crippen molar-refractivity contribution in [2.24, 2.45) is 5.92 Å². The zero-order valence-electron chi connectivity index (χ0n) is 19.8. The van der Waals surface area contributed by atoms with Gasteiger partial charge in [0.15, 0.2) is 11.6 Å². The van der Waals surface area contributed by atoms with Gasteiger partial charge in [-0.2, -0.15) is 0 Å². The Morgan fingerprint density at radius 1 is 1.06 bits per heavy atom. The van der Waals surface area contributed by atoms with Crippen molar-refractivity contribution in [3.8, 4) is 0 Å². The maximum atomic E-state index is 15.1. The zero-order valence-corrected chi connectivity index (χ0v) is 19.8. The molecule has 1 unspecified atom stereocenters. The van der Waals surface area contributed by atoms with Crippen LogP contribution in [0, 0.1) is 17.6 Å². The van der Waals surface area contributed by atoms with E-state index in [9.17, 15) is 9.59 Å². The van der Waals surface area contributed by atoms with Crippen molar-refractivity contribution in [3.05, 3.63) is 23.8 Å². The van der Waals surface area contributed by atoms with Gasteiger partial charge in [-0.3, -0.25) is 19.8 Å². The van der Waals surface area contributed by atoms with Crippen LogP contribution in [0.3, 0.4) is 0 Å². The molecule has 0 saturated carbocycles. The van der Waals surface area contributed by atoms with Gasteiger partial charge in [0.05, 0.1) is 0 Å². The highest BCUT2D eigenvalue weighted by molar-refractivity contribution is 6.01. The van der Waals surface area contributed by atoms with E-state index in [0.717, 1.165) is 26.2 Å². The van der Waals surface area contributed by atoms with Crippen molar-refractivity contribution in [2.45, 2.75) is 51.1 Å². The molecule has 7 nitrogen and oxygen atoms in total. The largest absolute Gasteiger partial charge is 0.373 e. The summed E-state index contributed by atoms with van der Waals surface area (Å²) in [4.78, 5) is 29.9. The summed E-state index contributed by atoms with van der Waals surface area (Å²) in [5.41, 5.74) is -0.0244. The monoisotopic (exact) mass is 463 g/mol. The molecule has 0 radical (unpaired) electrons. The molecule has 0 aromatic heterocycles. The molecule has 1 aromatic rings. The normalized spacial score (nSPS) is 25.2. The number of piperazine rings is 1. The van der Waals surface area contributed by atoms with E-state index in [1.807, 2.05) is 0 Å². The van der Waals surface area contributed by atoms with Crippen LogP contribution in [0.25, 0.3) is 0 Å². The number of benzene rings is 1. The number of nitrogens with one attached hydrogen (secondary N) is 2. The number of hydrogen-bond donors (Lipinski definition) is 2. The summed E-state index contributed by atoms with van der Waals surface area (Å²) in [5, 5.41) is 5.10. The summed E-state index contributed by atoms with van der Waals surface area (Å²) in [7, 11) is 2.16. The maximum Gasteiger partial charge on any atom is 0.249 e. The van der Waals surface area contributed by atoms with E-state index in [1.54, 1.807) is 4.90 Å². The van der Waals surface area contributed by atoms with E-state index in [4.69, 9.17) is 0 Å². The number of anilines is 2. The van der Waals surface area contributed by atoms with Gasteiger partial charge >= 0.3 is 0 Å². The molecule has 2 N–H and O–H groups in total. The molecule has 0 aliphatic carbocycles. The SMILES string of the molecule is CN1CCC(CN2CCN(c3c(F)cc(NC4CCC(=O)NC4=O)cc3F)CC2(C)C)CC1. The third-order valence-corrected chi connectivity index (χ3v) is 7.30. The minimum absolute atomic E-state index is 0.0177. The number of halogens is 2. The van der Waals surface area contributed by atoms with Crippen molar-refractivity contribution in [3.63, 3.8) is 0 Å². The van der Waals surface area contributed by atoms with Gasteiger partial charge in [0, 0.05) is 43.8 Å². The molecule has 3 aliphatic rings. The topological polar surface area (TPSA) is 67.9 Å². The molecule has 1 atom stereocenters. The predicted octanol–water partition coefficient (Wildman–Crippen LogP) is 2.42. The Morgan fingerprint density at radius 2 is 1.73 bits per heavy atom. The van der Waals surface area contributed by atoms with Gasteiger partial charge in [-0.05, 0) is 71.3 Å². The van der Waals surface area contributed by atoms with E-state index >= 15 is 8.78 Å². The van der Waals surface area contributed by atoms with Crippen molar-refractivity contribution < 1.29 is 18.4 Å². The summed E-state index contributed by atoms with van der Waals surface area (Å²) in [6, 6.07) is 1.79. The first-order valence-corrected chi connectivity index (χ1v) is 11.9. The number of carbonyl (C=O) groups is 2. The number of amides is 2. The third-order valence-electron chi connectivity index (χ3n) is 7.30. The fourth-order valence-corrected chi connectivity index (χ4v) is 5.26.